The molecule has 3 N–H and O–H groups in total. The summed E-state index contributed by atoms with van der Waals surface area (Å²) in [5.74, 6) is -3.87. The Bertz CT molecular complexity index is 1450. The lowest BCUT2D eigenvalue weighted by Gasteiger charge is -2.49. The molecule has 4 aliphatic heterocycles. The van der Waals surface area contributed by atoms with Crippen LogP contribution in [0.25, 0.3) is 16.5 Å². The van der Waals surface area contributed by atoms with E-state index in [1.807, 2.05) is 33.0 Å². The largest absolute Gasteiger partial charge is 0.361 e. The second kappa shape index (κ2) is 8.16. The number of piperazine rings is 1. The van der Waals surface area contributed by atoms with E-state index >= 15 is 0 Å². The predicted molar refractivity (Wildman–Crippen MR) is 143 cm³/mol. The van der Waals surface area contributed by atoms with Gasteiger partial charge in [0, 0.05) is 36.2 Å². The van der Waals surface area contributed by atoms with E-state index in [2.05, 4.69) is 33.5 Å². The molecule has 5 aliphatic rings. The van der Waals surface area contributed by atoms with Crippen molar-refractivity contribution >= 4 is 34.2 Å². The fraction of sp³-hybridized carbons (Fsp3) is 0.552. The summed E-state index contributed by atoms with van der Waals surface area (Å²) >= 11 is 0. The van der Waals surface area contributed by atoms with Gasteiger partial charge in [0.2, 0.25) is 17.5 Å². The van der Waals surface area contributed by atoms with Gasteiger partial charge in [-0.2, -0.15) is 0 Å². The molecule has 10 nitrogen and oxygen atoms in total. The monoisotopic (exact) mass is 533 g/mol. The molecular formula is C29H35N5O5. The first kappa shape index (κ1) is 24.8. The van der Waals surface area contributed by atoms with E-state index in [4.69, 9.17) is 4.74 Å². The van der Waals surface area contributed by atoms with E-state index in [-0.39, 0.29) is 23.8 Å². The zero-order valence-corrected chi connectivity index (χ0v) is 22.7. The van der Waals surface area contributed by atoms with Crippen molar-refractivity contribution in [3.05, 3.63) is 41.6 Å². The molecule has 0 radical (unpaired) electrons. The molecule has 3 amide bonds. The highest BCUT2D eigenvalue weighted by Crippen LogP contribution is 2.47. The quantitative estimate of drug-likeness (QED) is 0.549. The number of nitrogens with zero attached hydrogens (tertiary/aromatic N) is 3. The number of aliphatic hydroxyl groups is 1. The summed E-state index contributed by atoms with van der Waals surface area (Å²) in [6.07, 6.45) is 6.19. The van der Waals surface area contributed by atoms with Gasteiger partial charge in [0.1, 0.15) is 12.1 Å². The van der Waals surface area contributed by atoms with Gasteiger partial charge >= 0.3 is 0 Å². The molecule has 39 heavy (non-hydrogen) atoms. The third-order valence-electron chi connectivity index (χ3n) is 9.43. The Morgan fingerprint density at radius 1 is 1.28 bits per heavy atom. The maximum absolute atomic E-state index is 13.9. The van der Waals surface area contributed by atoms with Gasteiger partial charge in [0.15, 0.2) is 0 Å². The van der Waals surface area contributed by atoms with Gasteiger partial charge in [-0.05, 0) is 61.9 Å². The third kappa shape index (κ3) is 3.28. The number of likely N-dealkylation sites (N-methyl/N-ethyl adjacent to an activating group) is 1. The van der Waals surface area contributed by atoms with Crippen molar-refractivity contribution in [3.63, 3.8) is 0 Å². The van der Waals surface area contributed by atoms with Crippen molar-refractivity contribution in [1.82, 2.24) is 25.0 Å². The smallest absolute Gasteiger partial charge is 0.280 e. The molecule has 0 saturated carbocycles. The van der Waals surface area contributed by atoms with Crippen molar-refractivity contribution in [2.45, 2.75) is 69.8 Å². The number of nitrogens with one attached hydrogen (secondary N) is 2. The van der Waals surface area contributed by atoms with Gasteiger partial charge in [0.05, 0.1) is 5.92 Å². The minimum Gasteiger partial charge on any atom is -0.361 e. The Balaban J connectivity index is 1.21. The number of carbonyl (C=O) groups excluding carboxylic acids is 3. The highest BCUT2D eigenvalue weighted by atomic mass is 16.7. The Kier molecular flexibility index (Phi) is 5.19. The maximum atomic E-state index is 13.9. The van der Waals surface area contributed by atoms with Crippen LogP contribution in [0.4, 0.5) is 0 Å². The zero-order valence-electron chi connectivity index (χ0n) is 22.7. The molecule has 10 heteroatoms. The molecule has 5 heterocycles. The first-order chi connectivity index (χ1) is 18.5. The van der Waals surface area contributed by atoms with Gasteiger partial charge in [-0.25, -0.2) is 0 Å². The predicted octanol–water partition coefficient (Wildman–Crippen LogP) is 1.40. The van der Waals surface area contributed by atoms with E-state index in [9.17, 15) is 19.5 Å². The van der Waals surface area contributed by atoms with Crippen molar-refractivity contribution in [3.8, 4) is 0 Å². The normalized spacial score (nSPS) is 35.8. The van der Waals surface area contributed by atoms with Crippen LogP contribution in [0, 0.1) is 11.8 Å². The Labute approximate surface area is 226 Å². The number of fused-ring (bicyclic) bond motifs is 5. The van der Waals surface area contributed by atoms with Crippen LogP contribution in [-0.2, 0) is 25.5 Å². The molecule has 206 valence electrons. The minimum atomic E-state index is -1.99. The van der Waals surface area contributed by atoms with Gasteiger partial charge in [-0.3, -0.25) is 28.9 Å². The number of hydrogen-bond acceptors (Lipinski definition) is 6. The van der Waals surface area contributed by atoms with Gasteiger partial charge < -0.3 is 20.3 Å². The molecule has 3 fully saturated rings. The molecule has 3 saturated heterocycles. The lowest BCUT2D eigenvalue weighted by atomic mass is 9.79. The first-order valence-electron chi connectivity index (χ1n) is 13.9. The molecule has 0 bridgehead atoms. The van der Waals surface area contributed by atoms with Crippen molar-refractivity contribution in [1.29, 1.82) is 0 Å². The molecule has 1 aliphatic carbocycles. The average molecular weight is 534 g/mol. The molecular weight excluding hydrogens is 498 g/mol. The second-order valence-electron chi connectivity index (χ2n) is 12.3. The Morgan fingerprint density at radius 3 is 2.85 bits per heavy atom. The van der Waals surface area contributed by atoms with Gasteiger partial charge in [-0.15, -0.1) is 0 Å². The van der Waals surface area contributed by atoms with Crippen LogP contribution in [0.15, 0.2) is 30.5 Å². The summed E-state index contributed by atoms with van der Waals surface area (Å²) in [6.45, 7) is 6.18. The summed E-state index contributed by atoms with van der Waals surface area (Å²) in [4.78, 5) is 49.4. The third-order valence-corrected chi connectivity index (χ3v) is 9.43. The van der Waals surface area contributed by atoms with E-state index in [0.717, 1.165) is 29.5 Å². The minimum absolute atomic E-state index is 0.156. The molecule has 0 unspecified atom stereocenters. The molecule has 1 aromatic heterocycles. The molecule has 1 aromatic carbocycles. The zero-order chi connectivity index (χ0) is 27.4. The first-order valence-corrected chi connectivity index (χ1v) is 13.9. The number of aromatic amines is 1. The number of aromatic nitrogens is 1. The number of hydrogen-bond donors (Lipinski definition) is 3. The van der Waals surface area contributed by atoms with Crippen LogP contribution in [0.1, 0.15) is 44.7 Å². The number of benzene rings is 1. The summed E-state index contributed by atoms with van der Waals surface area (Å²) in [6, 6.07) is 4.81. The van der Waals surface area contributed by atoms with E-state index in [1.54, 1.807) is 4.90 Å². The van der Waals surface area contributed by atoms with Crippen LogP contribution >= 0.6 is 0 Å². The van der Waals surface area contributed by atoms with Crippen molar-refractivity contribution < 1.29 is 24.2 Å². The summed E-state index contributed by atoms with van der Waals surface area (Å²) in [5, 5.41) is 15.9. The van der Waals surface area contributed by atoms with Crippen LogP contribution in [-0.4, -0.2) is 92.4 Å². The molecule has 0 spiro atoms. The Hall–Kier alpha value is -3.21. The number of ether oxygens (including phenoxy) is 1. The SMILES string of the molecule is CC(C)[C@@H]1C(=O)N2CCC[C@@H]2[C@]2(O)O[C@@](C)(NC(=O)[C@@H]3C=C4c5cccc6[nH]cc(c56)C[C@H]4N(C)C3)C(=O)N12. The van der Waals surface area contributed by atoms with Crippen LogP contribution < -0.4 is 5.32 Å². The van der Waals surface area contributed by atoms with E-state index in [1.165, 1.54) is 22.8 Å². The number of rotatable bonds is 3. The Morgan fingerprint density at radius 2 is 2.08 bits per heavy atom. The fourth-order valence-electron chi connectivity index (χ4n) is 7.63. The number of carbonyl (C=O) groups is 3. The van der Waals surface area contributed by atoms with Crippen molar-refractivity contribution in [2.24, 2.45) is 11.8 Å². The maximum Gasteiger partial charge on any atom is 0.280 e. The lowest BCUT2D eigenvalue weighted by molar-refractivity contribution is -0.317. The molecule has 2 aromatic rings. The van der Waals surface area contributed by atoms with E-state index < -0.39 is 35.5 Å². The highest BCUT2D eigenvalue weighted by molar-refractivity contribution is 6.00. The highest BCUT2D eigenvalue weighted by Gasteiger charge is 2.70. The lowest BCUT2D eigenvalue weighted by Crippen LogP contribution is -2.72. The van der Waals surface area contributed by atoms with Gasteiger partial charge in [0.25, 0.3) is 11.8 Å². The average Bonchev–Trinajstić information content (AvgIpc) is 3.59. The molecule has 6 atom stereocenters. The summed E-state index contributed by atoms with van der Waals surface area (Å²) in [5.41, 5.74) is 2.78. The van der Waals surface area contributed by atoms with Crippen molar-refractivity contribution in [2.75, 3.05) is 20.1 Å². The fourth-order valence-corrected chi connectivity index (χ4v) is 7.63. The topological polar surface area (TPSA) is 118 Å². The van der Waals surface area contributed by atoms with Crippen LogP contribution in [0.3, 0.4) is 0 Å². The second-order valence-corrected chi connectivity index (χ2v) is 12.3. The molecule has 7 rings (SSSR count). The van der Waals surface area contributed by atoms with Crippen LogP contribution in [0.2, 0.25) is 0 Å². The summed E-state index contributed by atoms with van der Waals surface area (Å²) < 4.78 is 6.14. The van der Waals surface area contributed by atoms with E-state index in [0.29, 0.717) is 19.5 Å². The standard InChI is InChI=1S/C29H35N5O5/c1-15(2)24-26(36)33-10-6-9-22(33)29(38)34(24)27(37)28(3,39-29)31-25(35)17-11-19-18-7-5-8-20-23(18)16(13-30-20)12-21(19)32(4)14-17/h5,7-8,11,13,15,17,21-22,24,30,38H,6,9-10,12,14H2,1-4H3,(H,31,35)/t17-,21-,22-,24-,28-,29+/m1/s1. The van der Waals surface area contributed by atoms with Crippen LogP contribution in [0.5, 0.6) is 0 Å². The summed E-state index contributed by atoms with van der Waals surface area (Å²) in [7, 11) is 2.02. The number of amides is 3. The number of H-pyrrole nitrogens is 1. The van der Waals surface area contributed by atoms with Gasteiger partial charge in [-0.1, -0.05) is 32.1 Å².